The molecule has 5 heteroatoms. The lowest BCUT2D eigenvalue weighted by molar-refractivity contribution is 0.252. The van der Waals surface area contributed by atoms with Crippen LogP contribution in [0.4, 0.5) is 0 Å². The van der Waals surface area contributed by atoms with Crippen LogP contribution in [-0.4, -0.2) is 52.8 Å². The van der Waals surface area contributed by atoms with E-state index in [1.165, 1.54) is 42.9 Å². The van der Waals surface area contributed by atoms with Crippen LogP contribution in [0.3, 0.4) is 0 Å². The van der Waals surface area contributed by atoms with Crippen LogP contribution in [0.2, 0.25) is 0 Å². The topological polar surface area (TPSA) is 36.3 Å². The van der Waals surface area contributed by atoms with Crippen molar-refractivity contribution in [1.82, 2.24) is 24.9 Å². The zero-order valence-corrected chi connectivity index (χ0v) is 15.9. The van der Waals surface area contributed by atoms with Gasteiger partial charge in [0.15, 0.2) is 0 Å². The lowest BCUT2D eigenvalue weighted by atomic mass is 10.1. The van der Waals surface area contributed by atoms with E-state index < -0.39 is 0 Å². The van der Waals surface area contributed by atoms with Crippen LogP contribution in [0.25, 0.3) is 0 Å². The second-order valence-corrected chi connectivity index (χ2v) is 7.95. The molecule has 0 radical (unpaired) electrons. The van der Waals surface area contributed by atoms with Crippen LogP contribution in [0.15, 0.2) is 36.4 Å². The molecule has 0 saturated carbocycles. The number of likely N-dealkylation sites (tertiary alicyclic amines) is 1. The van der Waals surface area contributed by atoms with E-state index in [0.717, 1.165) is 45.2 Å². The summed E-state index contributed by atoms with van der Waals surface area (Å²) in [5, 5.41) is 8.29. The van der Waals surface area contributed by atoms with Crippen LogP contribution in [-0.2, 0) is 26.2 Å². The molecule has 0 amide bonds. The summed E-state index contributed by atoms with van der Waals surface area (Å²) in [4.78, 5) is 5.05. The Morgan fingerprint density at radius 2 is 2.12 bits per heavy atom. The first-order chi connectivity index (χ1) is 12.8. The van der Waals surface area contributed by atoms with E-state index in [2.05, 4.69) is 63.2 Å². The van der Waals surface area contributed by atoms with E-state index in [1.807, 2.05) is 0 Å². The Labute approximate surface area is 157 Å². The highest BCUT2D eigenvalue weighted by molar-refractivity contribution is 5.14. The molecule has 4 rings (SSSR count). The van der Waals surface area contributed by atoms with Gasteiger partial charge in [0.2, 0.25) is 0 Å². The van der Waals surface area contributed by atoms with Crippen LogP contribution in [0.5, 0.6) is 0 Å². The number of fused-ring (bicyclic) bond motifs is 1. The van der Waals surface area contributed by atoms with E-state index in [0.29, 0.717) is 0 Å². The maximum atomic E-state index is 4.82. The molecular formula is C21H31N5. The van der Waals surface area contributed by atoms with E-state index in [9.17, 15) is 0 Å². The Bertz CT molecular complexity index is 672. The first-order valence-electron chi connectivity index (χ1n) is 9.97. The SMILES string of the molecule is CN(Cc1cc2n(n1)CCCNC2)C[C@H]1CCN(Cc2ccccc2)C1. The van der Waals surface area contributed by atoms with Crippen molar-refractivity contribution >= 4 is 0 Å². The van der Waals surface area contributed by atoms with Gasteiger partial charge in [0, 0.05) is 39.3 Å². The van der Waals surface area contributed by atoms with E-state index in [-0.39, 0.29) is 0 Å². The maximum absolute atomic E-state index is 4.82. The Morgan fingerprint density at radius 1 is 1.23 bits per heavy atom. The first kappa shape index (κ1) is 17.7. The van der Waals surface area contributed by atoms with Gasteiger partial charge in [-0.25, -0.2) is 0 Å². The summed E-state index contributed by atoms with van der Waals surface area (Å²) in [6.07, 6.45) is 2.48. The van der Waals surface area contributed by atoms with Crippen LogP contribution < -0.4 is 5.32 Å². The molecule has 2 aromatic rings. The molecule has 1 atom stereocenters. The monoisotopic (exact) mass is 353 g/mol. The van der Waals surface area contributed by atoms with Gasteiger partial charge in [-0.2, -0.15) is 5.10 Å². The quantitative estimate of drug-likeness (QED) is 0.865. The van der Waals surface area contributed by atoms with Crippen molar-refractivity contribution in [2.75, 3.05) is 33.2 Å². The number of aromatic nitrogens is 2. The summed E-state index contributed by atoms with van der Waals surface area (Å²) in [6.45, 7) is 8.72. The molecule has 1 fully saturated rings. The molecule has 0 spiro atoms. The number of nitrogens with one attached hydrogen (secondary N) is 1. The number of nitrogens with zero attached hydrogens (tertiary/aromatic N) is 4. The summed E-state index contributed by atoms with van der Waals surface area (Å²) in [7, 11) is 2.24. The fourth-order valence-electron chi connectivity index (χ4n) is 4.33. The summed E-state index contributed by atoms with van der Waals surface area (Å²) in [6, 6.07) is 13.1. The predicted molar refractivity (Wildman–Crippen MR) is 105 cm³/mol. The van der Waals surface area contributed by atoms with Crippen molar-refractivity contribution in [3.8, 4) is 0 Å². The molecule has 2 aliphatic rings. The van der Waals surface area contributed by atoms with Crippen molar-refractivity contribution in [2.45, 2.75) is 39.0 Å². The van der Waals surface area contributed by atoms with Gasteiger partial charge < -0.3 is 10.2 Å². The van der Waals surface area contributed by atoms with Crippen LogP contribution >= 0.6 is 0 Å². The number of rotatable bonds is 6. The Balaban J connectivity index is 1.25. The average Bonchev–Trinajstić information content (AvgIpc) is 3.16. The van der Waals surface area contributed by atoms with Gasteiger partial charge in [0.05, 0.1) is 11.4 Å². The molecule has 5 nitrogen and oxygen atoms in total. The van der Waals surface area contributed by atoms with Crippen molar-refractivity contribution < 1.29 is 0 Å². The second kappa shape index (κ2) is 8.33. The van der Waals surface area contributed by atoms with E-state index in [4.69, 9.17) is 5.10 Å². The average molecular weight is 354 g/mol. The number of hydrogen-bond donors (Lipinski definition) is 1. The first-order valence-corrected chi connectivity index (χ1v) is 9.97. The molecule has 0 bridgehead atoms. The zero-order chi connectivity index (χ0) is 17.8. The van der Waals surface area contributed by atoms with Gasteiger partial charge in [-0.3, -0.25) is 9.58 Å². The predicted octanol–water partition coefficient (Wildman–Crippen LogP) is 2.33. The molecule has 3 heterocycles. The highest BCUT2D eigenvalue weighted by atomic mass is 15.3. The normalized spacial score (nSPS) is 21.1. The van der Waals surface area contributed by atoms with Crippen LogP contribution in [0.1, 0.15) is 29.8 Å². The molecule has 140 valence electrons. The molecular weight excluding hydrogens is 322 g/mol. The van der Waals surface area contributed by atoms with Crippen molar-refractivity contribution in [3.63, 3.8) is 0 Å². The largest absolute Gasteiger partial charge is 0.311 e. The van der Waals surface area contributed by atoms with Crippen molar-refractivity contribution in [1.29, 1.82) is 0 Å². The van der Waals surface area contributed by atoms with E-state index >= 15 is 0 Å². The lowest BCUT2D eigenvalue weighted by Gasteiger charge is -2.21. The molecule has 1 N–H and O–H groups in total. The summed E-state index contributed by atoms with van der Waals surface area (Å²) >= 11 is 0. The molecule has 1 aromatic carbocycles. The summed E-state index contributed by atoms with van der Waals surface area (Å²) < 4.78 is 2.19. The lowest BCUT2D eigenvalue weighted by Crippen LogP contribution is -2.28. The Morgan fingerprint density at radius 3 is 3.00 bits per heavy atom. The number of aryl methyl sites for hydroxylation is 1. The van der Waals surface area contributed by atoms with Gasteiger partial charge >= 0.3 is 0 Å². The third-order valence-corrected chi connectivity index (χ3v) is 5.56. The minimum Gasteiger partial charge on any atom is -0.311 e. The molecule has 1 aromatic heterocycles. The Kier molecular flexibility index (Phi) is 5.68. The van der Waals surface area contributed by atoms with Gasteiger partial charge in [0.1, 0.15) is 0 Å². The fraction of sp³-hybridized carbons (Fsp3) is 0.571. The highest BCUT2D eigenvalue weighted by Gasteiger charge is 2.24. The molecule has 2 aliphatic heterocycles. The van der Waals surface area contributed by atoms with Gasteiger partial charge in [0.25, 0.3) is 0 Å². The molecule has 0 aliphatic carbocycles. The zero-order valence-electron chi connectivity index (χ0n) is 15.9. The fourth-order valence-corrected chi connectivity index (χ4v) is 4.33. The highest BCUT2D eigenvalue weighted by Crippen LogP contribution is 2.20. The standard InChI is InChI=1S/C21H31N5/c1-24(17-20-12-21-13-22-9-5-10-26(21)23-20)14-19-8-11-25(16-19)15-18-6-3-2-4-7-18/h2-4,6-7,12,19,22H,5,8-11,13-17H2,1H3/t19-/m1/s1. The minimum absolute atomic E-state index is 0.769. The third-order valence-electron chi connectivity index (χ3n) is 5.56. The maximum Gasteiger partial charge on any atom is 0.0768 e. The van der Waals surface area contributed by atoms with Gasteiger partial charge in [-0.1, -0.05) is 30.3 Å². The second-order valence-electron chi connectivity index (χ2n) is 7.95. The Hall–Kier alpha value is -1.69. The number of benzene rings is 1. The number of hydrogen-bond acceptors (Lipinski definition) is 4. The van der Waals surface area contributed by atoms with Gasteiger partial charge in [-0.15, -0.1) is 0 Å². The summed E-state index contributed by atoms with van der Waals surface area (Å²) in [5.74, 6) is 0.769. The molecule has 0 unspecified atom stereocenters. The van der Waals surface area contributed by atoms with Crippen molar-refractivity contribution in [2.24, 2.45) is 5.92 Å². The van der Waals surface area contributed by atoms with E-state index in [1.54, 1.807) is 0 Å². The molecule has 1 saturated heterocycles. The smallest absolute Gasteiger partial charge is 0.0768 e. The van der Waals surface area contributed by atoms with Gasteiger partial charge in [-0.05, 0) is 50.5 Å². The minimum atomic E-state index is 0.769. The third kappa shape index (κ3) is 4.53. The molecule has 26 heavy (non-hydrogen) atoms. The summed E-state index contributed by atoms with van der Waals surface area (Å²) in [5.41, 5.74) is 3.97. The van der Waals surface area contributed by atoms with Crippen molar-refractivity contribution in [3.05, 3.63) is 53.3 Å². The van der Waals surface area contributed by atoms with Crippen LogP contribution in [0, 0.1) is 5.92 Å².